The summed E-state index contributed by atoms with van der Waals surface area (Å²) in [5.41, 5.74) is 2.57. The molecule has 0 unspecified atom stereocenters. The van der Waals surface area contributed by atoms with E-state index in [1.807, 2.05) is 12.1 Å². The largest absolute Gasteiger partial charge is 0.352 e. The number of rotatable bonds is 10. The molecule has 0 radical (unpaired) electrons. The molecular formula is C35H46FN3O4S. The average Bonchev–Trinajstić information content (AvgIpc) is 2.98. The van der Waals surface area contributed by atoms with Gasteiger partial charge in [-0.25, -0.2) is 12.8 Å². The van der Waals surface area contributed by atoms with E-state index in [0.29, 0.717) is 11.3 Å². The van der Waals surface area contributed by atoms with E-state index in [2.05, 4.69) is 17.4 Å². The van der Waals surface area contributed by atoms with Crippen molar-refractivity contribution in [1.29, 1.82) is 0 Å². The molecule has 4 bridgehead atoms. The molecule has 2 aromatic carbocycles. The molecule has 0 aromatic heterocycles. The van der Waals surface area contributed by atoms with Gasteiger partial charge in [-0.15, -0.1) is 0 Å². The first-order valence-corrected chi connectivity index (χ1v) is 18.3. The standard InChI is InChI=1S/C35H46FN3O4S/c1-24(34(41)37-31-6-4-3-5-7-31)38(22-25-8-12-30(36)13-9-25)33(40)23-39(44(2,42)43)32-14-10-29(11-15-32)35-19-26-16-27(20-35)18-28(17-26)21-35/h8-15,24,26-28,31H,3-7,16-23H2,1-2H3,(H,37,41)/t24-,26?,27?,28?,35?/m1/s1. The minimum Gasteiger partial charge on any atom is -0.352 e. The number of anilines is 1. The van der Waals surface area contributed by atoms with Crippen LogP contribution in [-0.4, -0.2) is 50.0 Å². The maximum Gasteiger partial charge on any atom is 0.244 e. The first-order chi connectivity index (χ1) is 21.0. The maximum absolute atomic E-state index is 13.9. The molecule has 5 aliphatic carbocycles. The third-order valence-electron chi connectivity index (χ3n) is 10.9. The van der Waals surface area contributed by atoms with E-state index < -0.39 is 34.3 Å². The van der Waals surface area contributed by atoms with Crippen LogP contribution in [0.4, 0.5) is 10.1 Å². The summed E-state index contributed by atoms with van der Waals surface area (Å²) in [6.45, 7) is 1.29. The van der Waals surface area contributed by atoms with Crippen molar-refractivity contribution in [2.45, 2.75) is 102 Å². The van der Waals surface area contributed by atoms with E-state index >= 15 is 0 Å². The Morgan fingerprint density at radius 2 is 1.48 bits per heavy atom. The number of hydrogen-bond donors (Lipinski definition) is 1. The summed E-state index contributed by atoms with van der Waals surface area (Å²) in [4.78, 5) is 28.7. The molecule has 44 heavy (non-hydrogen) atoms. The van der Waals surface area contributed by atoms with Crippen molar-refractivity contribution in [2.24, 2.45) is 17.8 Å². The first kappa shape index (κ1) is 31.1. The van der Waals surface area contributed by atoms with Crippen LogP contribution in [0, 0.1) is 23.6 Å². The van der Waals surface area contributed by atoms with Gasteiger partial charge in [0.2, 0.25) is 21.8 Å². The number of amides is 2. The van der Waals surface area contributed by atoms with Crippen LogP contribution in [-0.2, 0) is 31.6 Å². The van der Waals surface area contributed by atoms with Crippen molar-refractivity contribution in [3.05, 3.63) is 65.5 Å². The highest BCUT2D eigenvalue weighted by Crippen LogP contribution is 2.60. The van der Waals surface area contributed by atoms with Gasteiger partial charge in [-0.2, -0.15) is 0 Å². The number of hydrogen-bond acceptors (Lipinski definition) is 4. The predicted molar refractivity (Wildman–Crippen MR) is 170 cm³/mol. The fourth-order valence-corrected chi connectivity index (χ4v) is 9.85. The first-order valence-electron chi connectivity index (χ1n) is 16.4. The van der Waals surface area contributed by atoms with Gasteiger partial charge in [-0.3, -0.25) is 13.9 Å². The number of sulfonamides is 1. The second kappa shape index (κ2) is 12.5. The molecule has 1 N–H and O–H groups in total. The van der Waals surface area contributed by atoms with Crippen molar-refractivity contribution in [3.63, 3.8) is 0 Å². The number of carbonyl (C=O) groups excluding carboxylic acids is 2. The van der Waals surface area contributed by atoms with Crippen LogP contribution in [0.15, 0.2) is 48.5 Å². The SMILES string of the molecule is C[C@H](C(=O)NC1CCCCC1)N(Cc1ccc(F)cc1)C(=O)CN(c1ccc(C23CC4CC(CC(C4)C2)C3)cc1)S(C)(=O)=O. The van der Waals surface area contributed by atoms with Gasteiger partial charge in [-0.1, -0.05) is 43.5 Å². The smallest absolute Gasteiger partial charge is 0.244 e. The molecule has 9 heteroatoms. The quantitative estimate of drug-likeness (QED) is 0.356. The highest BCUT2D eigenvalue weighted by molar-refractivity contribution is 7.92. The lowest BCUT2D eigenvalue weighted by Gasteiger charge is -2.57. The second-order valence-electron chi connectivity index (χ2n) is 14.2. The van der Waals surface area contributed by atoms with Crippen molar-refractivity contribution >= 4 is 27.5 Å². The zero-order chi connectivity index (χ0) is 31.1. The molecule has 2 aromatic rings. The zero-order valence-corrected chi connectivity index (χ0v) is 26.8. The molecule has 0 aliphatic heterocycles. The van der Waals surface area contributed by atoms with Gasteiger partial charge in [0, 0.05) is 12.6 Å². The lowest BCUT2D eigenvalue weighted by atomic mass is 9.48. The average molecular weight is 624 g/mol. The fraction of sp³-hybridized carbons (Fsp3) is 0.600. The van der Waals surface area contributed by atoms with Crippen molar-refractivity contribution in [2.75, 3.05) is 17.1 Å². The van der Waals surface area contributed by atoms with E-state index in [1.165, 1.54) is 61.1 Å². The number of carbonyl (C=O) groups is 2. The Balaban J connectivity index is 1.22. The van der Waals surface area contributed by atoms with Gasteiger partial charge in [0.15, 0.2) is 0 Å². The van der Waals surface area contributed by atoms with Crippen LogP contribution in [0.5, 0.6) is 0 Å². The molecule has 1 atom stereocenters. The second-order valence-corrected chi connectivity index (χ2v) is 16.1. The zero-order valence-electron chi connectivity index (χ0n) is 26.0. The summed E-state index contributed by atoms with van der Waals surface area (Å²) in [5, 5.41) is 3.10. The normalized spacial score (nSPS) is 27.1. The monoisotopic (exact) mass is 623 g/mol. The maximum atomic E-state index is 13.9. The van der Waals surface area contributed by atoms with Gasteiger partial charge < -0.3 is 10.2 Å². The van der Waals surface area contributed by atoms with Gasteiger partial charge in [0.05, 0.1) is 11.9 Å². The molecule has 0 spiro atoms. The van der Waals surface area contributed by atoms with Crippen LogP contribution in [0.25, 0.3) is 0 Å². The Kier molecular flexibility index (Phi) is 8.79. The molecule has 5 fully saturated rings. The van der Waals surface area contributed by atoms with Crippen LogP contribution in [0.3, 0.4) is 0 Å². The van der Waals surface area contributed by atoms with E-state index in [0.717, 1.165) is 60.4 Å². The van der Waals surface area contributed by atoms with Crippen molar-refractivity contribution in [1.82, 2.24) is 10.2 Å². The Labute approximate surface area is 261 Å². The summed E-state index contributed by atoms with van der Waals surface area (Å²) in [7, 11) is -3.82. The topological polar surface area (TPSA) is 86.8 Å². The molecule has 2 amide bonds. The molecule has 7 rings (SSSR count). The van der Waals surface area contributed by atoms with Gasteiger partial charge >= 0.3 is 0 Å². The van der Waals surface area contributed by atoms with Gasteiger partial charge in [0.1, 0.15) is 18.4 Å². The Morgan fingerprint density at radius 1 is 0.909 bits per heavy atom. The molecule has 5 aliphatic rings. The van der Waals surface area contributed by atoms with Gasteiger partial charge in [-0.05, 0) is 117 Å². The summed E-state index contributed by atoms with van der Waals surface area (Å²) in [6, 6.07) is 12.9. The van der Waals surface area contributed by atoms with Gasteiger partial charge in [0.25, 0.3) is 0 Å². The third-order valence-corrected chi connectivity index (χ3v) is 12.0. The Bertz CT molecular complexity index is 1420. The van der Waals surface area contributed by atoms with E-state index in [9.17, 15) is 22.4 Å². The summed E-state index contributed by atoms with van der Waals surface area (Å²) >= 11 is 0. The molecule has 238 valence electrons. The van der Waals surface area contributed by atoms with E-state index in [4.69, 9.17) is 0 Å². The highest BCUT2D eigenvalue weighted by Gasteiger charge is 2.51. The van der Waals surface area contributed by atoms with E-state index in [1.54, 1.807) is 19.1 Å². The highest BCUT2D eigenvalue weighted by atomic mass is 32.2. The lowest BCUT2D eigenvalue weighted by Crippen LogP contribution is -2.53. The minimum atomic E-state index is -3.82. The molecule has 5 saturated carbocycles. The number of nitrogens with one attached hydrogen (secondary N) is 1. The van der Waals surface area contributed by atoms with E-state index in [-0.39, 0.29) is 23.9 Å². The molecule has 7 nitrogen and oxygen atoms in total. The lowest BCUT2D eigenvalue weighted by molar-refractivity contribution is -0.139. The summed E-state index contributed by atoms with van der Waals surface area (Å²) in [6.07, 6.45) is 13.9. The Morgan fingerprint density at radius 3 is 2.02 bits per heavy atom. The van der Waals surface area contributed by atoms with Crippen LogP contribution >= 0.6 is 0 Å². The summed E-state index contributed by atoms with van der Waals surface area (Å²) in [5.74, 6) is 1.26. The number of halogens is 1. The summed E-state index contributed by atoms with van der Waals surface area (Å²) < 4.78 is 41.0. The van der Waals surface area contributed by atoms with Crippen LogP contribution < -0.4 is 9.62 Å². The fourth-order valence-electron chi connectivity index (χ4n) is 9.00. The predicted octanol–water partition coefficient (Wildman–Crippen LogP) is 5.93. The van der Waals surface area contributed by atoms with Crippen molar-refractivity contribution in [3.8, 4) is 0 Å². The number of nitrogens with zero attached hydrogens (tertiary/aromatic N) is 2. The van der Waals surface area contributed by atoms with Crippen LogP contribution in [0.1, 0.15) is 88.7 Å². The van der Waals surface area contributed by atoms with Crippen LogP contribution in [0.2, 0.25) is 0 Å². The molecule has 0 heterocycles. The van der Waals surface area contributed by atoms with Crippen molar-refractivity contribution < 1.29 is 22.4 Å². The molecular weight excluding hydrogens is 577 g/mol. The minimum absolute atomic E-state index is 0.0565. The Hall–Kier alpha value is -2.94. The molecule has 0 saturated heterocycles. The number of benzene rings is 2. The third kappa shape index (κ3) is 6.68.